The van der Waals surface area contributed by atoms with E-state index in [9.17, 15) is 13.2 Å². The molecular weight excluding hydrogens is 429 g/mol. The third-order valence-corrected chi connectivity index (χ3v) is 5.81. The van der Waals surface area contributed by atoms with Crippen LogP contribution in [0.3, 0.4) is 0 Å². The fourth-order valence-electron chi connectivity index (χ4n) is 3.80. The van der Waals surface area contributed by atoms with Crippen LogP contribution in [0.15, 0.2) is 103 Å². The maximum atomic E-state index is 14.8. The molecule has 0 bridgehead atoms. The molecule has 0 spiro atoms. The van der Waals surface area contributed by atoms with Crippen LogP contribution in [0.2, 0.25) is 0 Å². The first-order valence-corrected chi connectivity index (χ1v) is 11.2. The highest BCUT2D eigenvalue weighted by Crippen LogP contribution is 2.30. The molecule has 34 heavy (non-hydrogen) atoms. The second-order valence-electron chi connectivity index (χ2n) is 8.35. The van der Waals surface area contributed by atoms with Gasteiger partial charge in [-0.15, -0.1) is 0 Å². The van der Waals surface area contributed by atoms with E-state index in [0.717, 1.165) is 23.1 Å². The molecule has 4 aromatic carbocycles. The van der Waals surface area contributed by atoms with Gasteiger partial charge in [-0.2, -0.15) is 0 Å². The molecule has 0 heterocycles. The third-order valence-electron chi connectivity index (χ3n) is 5.81. The average molecular weight is 455 g/mol. The van der Waals surface area contributed by atoms with E-state index in [2.05, 4.69) is 19.1 Å². The maximum absolute atomic E-state index is 14.8. The minimum Gasteiger partial charge on any atom is -0.207 e. The molecule has 1 atom stereocenters. The van der Waals surface area contributed by atoms with Crippen LogP contribution in [-0.4, -0.2) is 0 Å². The van der Waals surface area contributed by atoms with Crippen molar-refractivity contribution in [3.63, 3.8) is 0 Å². The standard InChI is InChI=1S/C31H25F3/c1-22(26-5-3-2-4-6-26)21-25-11-17-28(18-12-25)31(34)30(33)27-15-9-23(10-16-27)7-8-24-13-19-29(32)20-14-24/h2-20,22H,21H2,1H3/b8-7+,31-30-. The van der Waals surface area contributed by atoms with Gasteiger partial charge in [0.05, 0.1) is 0 Å². The monoisotopic (exact) mass is 454 g/mol. The normalized spacial score (nSPS) is 13.1. The fraction of sp³-hybridized carbons (Fsp3) is 0.0968. The summed E-state index contributed by atoms with van der Waals surface area (Å²) in [5.41, 5.74) is 4.40. The summed E-state index contributed by atoms with van der Waals surface area (Å²) in [6, 6.07) is 29.9. The Hall–Kier alpha value is -3.85. The molecule has 0 saturated heterocycles. The van der Waals surface area contributed by atoms with E-state index in [0.29, 0.717) is 5.92 Å². The Morgan fingerprint density at radius 1 is 0.647 bits per heavy atom. The second-order valence-corrected chi connectivity index (χ2v) is 8.35. The van der Waals surface area contributed by atoms with Gasteiger partial charge in [-0.25, -0.2) is 13.2 Å². The number of rotatable bonds is 7. The van der Waals surface area contributed by atoms with Crippen LogP contribution in [0.1, 0.15) is 46.2 Å². The van der Waals surface area contributed by atoms with Crippen LogP contribution in [0.25, 0.3) is 23.8 Å². The highest BCUT2D eigenvalue weighted by Gasteiger charge is 2.12. The Kier molecular flexibility index (Phi) is 7.44. The fourth-order valence-corrected chi connectivity index (χ4v) is 3.80. The summed E-state index contributed by atoms with van der Waals surface area (Å²) in [4.78, 5) is 0. The Labute approximate surface area is 198 Å². The van der Waals surface area contributed by atoms with Crippen molar-refractivity contribution < 1.29 is 13.2 Å². The molecule has 0 aliphatic carbocycles. The predicted molar refractivity (Wildman–Crippen MR) is 136 cm³/mol. The molecular formula is C31H25F3. The van der Waals surface area contributed by atoms with Gasteiger partial charge in [-0.3, -0.25) is 0 Å². The molecule has 170 valence electrons. The number of benzene rings is 4. The van der Waals surface area contributed by atoms with Gasteiger partial charge >= 0.3 is 0 Å². The molecule has 0 nitrogen and oxygen atoms in total. The van der Waals surface area contributed by atoms with Crippen LogP contribution in [0, 0.1) is 5.82 Å². The first kappa shape index (κ1) is 23.3. The summed E-state index contributed by atoms with van der Waals surface area (Å²) in [7, 11) is 0. The quantitative estimate of drug-likeness (QED) is 0.244. The molecule has 0 fully saturated rings. The van der Waals surface area contributed by atoms with Crippen LogP contribution < -0.4 is 0 Å². The smallest absolute Gasteiger partial charge is 0.166 e. The van der Waals surface area contributed by atoms with Crippen molar-refractivity contribution >= 4 is 23.8 Å². The zero-order valence-electron chi connectivity index (χ0n) is 18.9. The van der Waals surface area contributed by atoms with Crippen molar-refractivity contribution in [2.24, 2.45) is 0 Å². The Bertz CT molecular complexity index is 1270. The molecule has 1 unspecified atom stereocenters. The van der Waals surface area contributed by atoms with Crippen molar-refractivity contribution in [3.8, 4) is 0 Å². The van der Waals surface area contributed by atoms with E-state index >= 15 is 0 Å². The SMILES string of the molecule is CC(Cc1ccc(/C(F)=C(/F)c2ccc(/C=C/c3ccc(F)cc3)cc2)cc1)c1ccccc1. The van der Waals surface area contributed by atoms with Gasteiger partial charge in [0, 0.05) is 11.1 Å². The van der Waals surface area contributed by atoms with Crippen LogP contribution >= 0.6 is 0 Å². The first-order valence-electron chi connectivity index (χ1n) is 11.2. The second kappa shape index (κ2) is 10.8. The van der Waals surface area contributed by atoms with Crippen molar-refractivity contribution in [1.82, 2.24) is 0 Å². The molecule has 0 saturated carbocycles. The van der Waals surface area contributed by atoms with Crippen molar-refractivity contribution in [1.29, 1.82) is 0 Å². The Morgan fingerprint density at radius 3 is 1.65 bits per heavy atom. The molecule has 3 heteroatoms. The summed E-state index contributed by atoms with van der Waals surface area (Å²) in [5, 5.41) is 0. The van der Waals surface area contributed by atoms with Gasteiger partial charge in [-0.1, -0.05) is 110 Å². The highest BCUT2D eigenvalue weighted by molar-refractivity contribution is 5.83. The van der Waals surface area contributed by atoms with Crippen molar-refractivity contribution in [2.45, 2.75) is 19.3 Å². The van der Waals surface area contributed by atoms with Gasteiger partial charge in [0.1, 0.15) is 5.82 Å². The lowest BCUT2D eigenvalue weighted by Gasteiger charge is -2.12. The molecule has 4 rings (SSSR count). The van der Waals surface area contributed by atoms with Gasteiger partial charge in [0.25, 0.3) is 0 Å². The average Bonchev–Trinajstić information content (AvgIpc) is 2.89. The van der Waals surface area contributed by atoms with Crippen molar-refractivity contribution in [3.05, 3.63) is 142 Å². The molecule has 0 aliphatic heterocycles. The molecule has 0 N–H and O–H groups in total. The summed E-state index contributed by atoms with van der Waals surface area (Å²) in [6.45, 7) is 2.15. The van der Waals surface area contributed by atoms with Crippen LogP contribution in [-0.2, 0) is 6.42 Å². The van der Waals surface area contributed by atoms with E-state index in [1.807, 2.05) is 42.5 Å². The molecule has 0 aromatic heterocycles. The highest BCUT2D eigenvalue weighted by atomic mass is 19.2. The summed E-state index contributed by atoms with van der Waals surface area (Å²) in [5.74, 6) is -1.72. The zero-order valence-corrected chi connectivity index (χ0v) is 18.9. The van der Waals surface area contributed by atoms with Crippen LogP contribution in [0.4, 0.5) is 13.2 Å². The summed E-state index contributed by atoms with van der Waals surface area (Å²) < 4.78 is 42.7. The molecule has 4 aromatic rings. The number of hydrogen-bond donors (Lipinski definition) is 0. The summed E-state index contributed by atoms with van der Waals surface area (Å²) in [6.07, 6.45) is 4.50. The van der Waals surface area contributed by atoms with Gasteiger partial charge in [-0.05, 0) is 46.7 Å². The lowest BCUT2D eigenvalue weighted by molar-refractivity contribution is 0.628. The predicted octanol–water partition coefficient (Wildman–Crippen LogP) is 9.11. The van der Waals surface area contributed by atoms with Crippen LogP contribution in [0.5, 0.6) is 0 Å². The van der Waals surface area contributed by atoms with Gasteiger partial charge in [0.2, 0.25) is 0 Å². The maximum Gasteiger partial charge on any atom is 0.166 e. The largest absolute Gasteiger partial charge is 0.207 e. The van der Waals surface area contributed by atoms with E-state index in [1.54, 1.807) is 48.5 Å². The lowest BCUT2D eigenvalue weighted by Crippen LogP contribution is -1.98. The van der Waals surface area contributed by atoms with Gasteiger partial charge in [0.15, 0.2) is 11.7 Å². The topological polar surface area (TPSA) is 0 Å². The van der Waals surface area contributed by atoms with E-state index in [-0.39, 0.29) is 16.9 Å². The summed E-state index contributed by atoms with van der Waals surface area (Å²) >= 11 is 0. The molecule has 0 aliphatic rings. The first-order chi connectivity index (χ1) is 16.5. The molecule has 0 amide bonds. The number of hydrogen-bond acceptors (Lipinski definition) is 0. The minimum atomic E-state index is -0.889. The Morgan fingerprint density at radius 2 is 1.12 bits per heavy atom. The van der Waals surface area contributed by atoms with Crippen molar-refractivity contribution in [2.75, 3.05) is 0 Å². The van der Waals surface area contributed by atoms with E-state index in [4.69, 9.17) is 0 Å². The third kappa shape index (κ3) is 5.93. The number of halogens is 3. The Balaban J connectivity index is 1.44. The van der Waals surface area contributed by atoms with Gasteiger partial charge < -0.3 is 0 Å². The van der Waals surface area contributed by atoms with E-state index < -0.39 is 11.7 Å². The minimum absolute atomic E-state index is 0.179. The lowest BCUT2D eigenvalue weighted by atomic mass is 9.93. The molecule has 0 radical (unpaired) electrons. The zero-order chi connectivity index (χ0) is 23.9. The van der Waals surface area contributed by atoms with E-state index in [1.165, 1.54) is 17.7 Å².